The number of rotatable bonds is 1. The Hall–Kier alpha value is -1.62. The summed E-state index contributed by atoms with van der Waals surface area (Å²) in [5, 5.41) is 4.44. The lowest BCUT2D eigenvalue weighted by Gasteiger charge is -2.19. The Morgan fingerprint density at radius 3 is 3.25 bits per heavy atom. The van der Waals surface area contributed by atoms with Gasteiger partial charge in [0, 0.05) is 37.4 Å². The lowest BCUT2D eigenvalue weighted by Crippen LogP contribution is -2.29. The number of aromatic nitrogens is 3. The normalized spacial score (nSPS) is 17.6. The summed E-state index contributed by atoms with van der Waals surface area (Å²) < 4.78 is 0. The van der Waals surface area contributed by atoms with Crippen molar-refractivity contribution < 1.29 is 0 Å². The van der Waals surface area contributed by atoms with Crippen LogP contribution >= 0.6 is 0 Å². The maximum Gasteiger partial charge on any atom is 0.227 e. The van der Waals surface area contributed by atoms with E-state index in [1.54, 1.807) is 0 Å². The summed E-state index contributed by atoms with van der Waals surface area (Å²) in [6.07, 6.45) is 4.92. The number of nitrogens with zero attached hydrogens (tertiary/aromatic N) is 3. The number of nitrogens with one attached hydrogen (secondary N) is 2. The van der Waals surface area contributed by atoms with Crippen LogP contribution < -0.4 is 10.2 Å². The molecular weight excluding hydrogens is 202 g/mol. The SMILES string of the molecule is c1cc2cnc(N3CCCNCC3)nc2[nH]1. The van der Waals surface area contributed by atoms with Crippen molar-refractivity contribution >= 4 is 17.0 Å². The van der Waals surface area contributed by atoms with Crippen LogP contribution in [0.3, 0.4) is 0 Å². The molecule has 2 aromatic rings. The Kier molecular flexibility index (Phi) is 2.46. The fraction of sp³-hybridized carbons (Fsp3) is 0.455. The number of hydrogen-bond donors (Lipinski definition) is 2. The Bertz CT molecular complexity index is 470. The van der Waals surface area contributed by atoms with Gasteiger partial charge in [0.15, 0.2) is 0 Å². The molecule has 0 spiro atoms. The van der Waals surface area contributed by atoms with E-state index in [1.807, 2.05) is 18.5 Å². The van der Waals surface area contributed by atoms with Gasteiger partial charge in [-0.3, -0.25) is 0 Å². The monoisotopic (exact) mass is 217 g/mol. The van der Waals surface area contributed by atoms with Crippen molar-refractivity contribution in [2.75, 3.05) is 31.1 Å². The van der Waals surface area contributed by atoms with Crippen LogP contribution in [0.4, 0.5) is 5.95 Å². The Labute approximate surface area is 93.9 Å². The van der Waals surface area contributed by atoms with Crippen molar-refractivity contribution in [3.63, 3.8) is 0 Å². The first-order chi connectivity index (χ1) is 7.93. The fourth-order valence-electron chi connectivity index (χ4n) is 2.03. The van der Waals surface area contributed by atoms with E-state index in [-0.39, 0.29) is 0 Å². The molecule has 0 unspecified atom stereocenters. The van der Waals surface area contributed by atoms with Gasteiger partial charge in [-0.2, -0.15) is 4.98 Å². The quantitative estimate of drug-likeness (QED) is 0.740. The summed E-state index contributed by atoms with van der Waals surface area (Å²) in [7, 11) is 0. The number of hydrogen-bond acceptors (Lipinski definition) is 4. The largest absolute Gasteiger partial charge is 0.346 e. The minimum atomic E-state index is 0.832. The molecule has 0 atom stereocenters. The van der Waals surface area contributed by atoms with Crippen LogP contribution in [0.5, 0.6) is 0 Å². The van der Waals surface area contributed by atoms with Gasteiger partial charge in [0.05, 0.1) is 0 Å². The smallest absolute Gasteiger partial charge is 0.227 e. The molecule has 3 rings (SSSR count). The average Bonchev–Trinajstić information content (AvgIpc) is 2.61. The third-order valence-corrected chi connectivity index (χ3v) is 2.91. The van der Waals surface area contributed by atoms with E-state index in [9.17, 15) is 0 Å². The van der Waals surface area contributed by atoms with Gasteiger partial charge in [-0.25, -0.2) is 4.98 Å². The minimum Gasteiger partial charge on any atom is -0.346 e. The van der Waals surface area contributed by atoms with E-state index in [0.717, 1.165) is 49.6 Å². The van der Waals surface area contributed by atoms with Gasteiger partial charge in [-0.15, -0.1) is 0 Å². The second kappa shape index (κ2) is 4.09. The van der Waals surface area contributed by atoms with Gasteiger partial charge in [0.1, 0.15) is 5.65 Å². The number of fused-ring (bicyclic) bond motifs is 1. The van der Waals surface area contributed by atoms with E-state index in [0.29, 0.717) is 0 Å². The lowest BCUT2D eigenvalue weighted by atomic mass is 10.4. The number of aromatic amines is 1. The molecule has 3 heterocycles. The first kappa shape index (κ1) is 9.59. The van der Waals surface area contributed by atoms with Crippen molar-refractivity contribution in [1.29, 1.82) is 0 Å². The lowest BCUT2D eigenvalue weighted by molar-refractivity contribution is 0.724. The fourth-order valence-corrected chi connectivity index (χ4v) is 2.03. The highest BCUT2D eigenvalue weighted by atomic mass is 15.3. The molecule has 1 aliphatic heterocycles. The Morgan fingerprint density at radius 2 is 2.25 bits per heavy atom. The van der Waals surface area contributed by atoms with Crippen molar-refractivity contribution in [2.45, 2.75) is 6.42 Å². The molecule has 0 radical (unpaired) electrons. The number of H-pyrrole nitrogens is 1. The summed E-state index contributed by atoms with van der Waals surface area (Å²) in [5.41, 5.74) is 0.919. The maximum absolute atomic E-state index is 4.53. The first-order valence-corrected chi connectivity index (χ1v) is 5.69. The predicted molar refractivity (Wildman–Crippen MR) is 63.6 cm³/mol. The van der Waals surface area contributed by atoms with Gasteiger partial charge < -0.3 is 15.2 Å². The van der Waals surface area contributed by atoms with E-state index in [2.05, 4.69) is 25.2 Å². The van der Waals surface area contributed by atoms with Crippen LogP contribution in [0.25, 0.3) is 11.0 Å². The molecule has 16 heavy (non-hydrogen) atoms. The average molecular weight is 217 g/mol. The molecule has 0 aliphatic carbocycles. The molecule has 1 fully saturated rings. The van der Waals surface area contributed by atoms with Gasteiger partial charge in [0.2, 0.25) is 5.95 Å². The number of anilines is 1. The van der Waals surface area contributed by atoms with Crippen LogP contribution in [0, 0.1) is 0 Å². The molecule has 84 valence electrons. The standard InChI is InChI=1S/C11H15N5/c1-3-12-5-7-16(6-1)11-14-8-9-2-4-13-10(9)15-11/h2,4,8,12H,1,3,5-7H2,(H,13,14,15). The summed E-state index contributed by atoms with van der Waals surface area (Å²) in [6, 6.07) is 1.99. The topological polar surface area (TPSA) is 56.8 Å². The molecular formula is C11H15N5. The molecule has 1 saturated heterocycles. The zero-order valence-electron chi connectivity index (χ0n) is 9.11. The molecule has 0 saturated carbocycles. The first-order valence-electron chi connectivity index (χ1n) is 5.69. The van der Waals surface area contributed by atoms with Crippen molar-refractivity contribution in [3.8, 4) is 0 Å². The van der Waals surface area contributed by atoms with Gasteiger partial charge in [-0.05, 0) is 19.0 Å². The second-order valence-electron chi connectivity index (χ2n) is 4.04. The van der Waals surface area contributed by atoms with Crippen LogP contribution in [0.1, 0.15) is 6.42 Å². The third-order valence-electron chi connectivity index (χ3n) is 2.91. The zero-order chi connectivity index (χ0) is 10.8. The Morgan fingerprint density at radius 1 is 1.25 bits per heavy atom. The van der Waals surface area contributed by atoms with E-state index in [1.165, 1.54) is 0 Å². The van der Waals surface area contributed by atoms with Crippen molar-refractivity contribution in [2.24, 2.45) is 0 Å². The highest BCUT2D eigenvalue weighted by Gasteiger charge is 2.12. The van der Waals surface area contributed by atoms with Crippen molar-refractivity contribution in [1.82, 2.24) is 20.3 Å². The zero-order valence-corrected chi connectivity index (χ0v) is 9.11. The van der Waals surface area contributed by atoms with Gasteiger partial charge in [-0.1, -0.05) is 0 Å². The van der Waals surface area contributed by atoms with Crippen LogP contribution in [-0.4, -0.2) is 41.1 Å². The van der Waals surface area contributed by atoms with Crippen LogP contribution in [-0.2, 0) is 0 Å². The van der Waals surface area contributed by atoms with Crippen LogP contribution in [0.2, 0.25) is 0 Å². The summed E-state index contributed by atoms with van der Waals surface area (Å²) in [5.74, 6) is 0.832. The maximum atomic E-state index is 4.53. The molecule has 0 bridgehead atoms. The Balaban J connectivity index is 1.91. The predicted octanol–water partition coefficient (Wildman–Crippen LogP) is 0.758. The van der Waals surface area contributed by atoms with Gasteiger partial charge in [0.25, 0.3) is 0 Å². The van der Waals surface area contributed by atoms with E-state index in [4.69, 9.17) is 0 Å². The molecule has 0 amide bonds. The summed E-state index contributed by atoms with van der Waals surface area (Å²) in [4.78, 5) is 14.3. The van der Waals surface area contributed by atoms with Crippen LogP contribution in [0.15, 0.2) is 18.5 Å². The molecule has 1 aliphatic rings. The van der Waals surface area contributed by atoms with E-state index >= 15 is 0 Å². The molecule has 5 heteroatoms. The van der Waals surface area contributed by atoms with Gasteiger partial charge >= 0.3 is 0 Å². The highest BCUT2D eigenvalue weighted by Crippen LogP contribution is 2.14. The summed E-state index contributed by atoms with van der Waals surface area (Å²) in [6.45, 7) is 4.10. The third kappa shape index (κ3) is 1.74. The molecule has 2 aromatic heterocycles. The highest BCUT2D eigenvalue weighted by molar-refractivity contribution is 5.75. The van der Waals surface area contributed by atoms with Crippen molar-refractivity contribution in [3.05, 3.63) is 18.5 Å². The summed E-state index contributed by atoms with van der Waals surface area (Å²) >= 11 is 0. The second-order valence-corrected chi connectivity index (χ2v) is 4.04. The molecule has 2 N–H and O–H groups in total. The van der Waals surface area contributed by atoms with E-state index < -0.39 is 0 Å². The minimum absolute atomic E-state index is 0.832. The molecule has 0 aromatic carbocycles. The molecule has 5 nitrogen and oxygen atoms in total.